The van der Waals surface area contributed by atoms with E-state index in [4.69, 9.17) is 9.47 Å². The molecule has 0 radical (unpaired) electrons. The Kier molecular flexibility index (Phi) is 7.21. The van der Waals surface area contributed by atoms with Crippen LogP contribution < -0.4 is 5.32 Å². The molecule has 10 nitrogen and oxygen atoms in total. The van der Waals surface area contributed by atoms with Crippen LogP contribution in [-0.2, 0) is 19.3 Å². The second kappa shape index (κ2) is 9.88. The Morgan fingerprint density at radius 2 is 1.69 bits per heavy atom. The van der Waals surface area contributed by atoms with Crippen LogP contribution in [0.5, 0.6) is 0 Å². The summed E-state index contributed by atoms with van der Waals surface area (Å²) in [5.41, 5.74) is 0.451. The van der Waals surface area contributed by atoms with E-state index in [9.17, 15) is 28.1 Å². The maximum absolute atomic E-state index is 12.4. The molecule has 1 N–H and O–H groups in total. The number of hydrogen-bond donors (Lipinski definition) is 1. The van der Waals surface area contributed by atoms with Crippen LogP contribution in [0, 0.1) is 10.1 Å². The summed E-state index contributed by atoms with van der Waals surface area (Å²) in [6, 6.07) is 12.9. The third-order valence-corrected chi connectivity index (χ3v) is 5.82. The molecule has 1 aliphatic heterocycles. The Labute approximate surface area is 184 Å². The maximum atomic E-state index is 12.4. The molecule has 1 fully saturated rings. The number of rotatable bonds is 8. The van der Waals surface area contributed by atoms with Crippen molar-refractivity contribution in [1.82, 2.24) is 5.32 Å². The fourth-order valence-electron chi connectivity index (χ4n) is 3.35. The zero-order valence-electron chi connectivity index (χ0n) is 17.2. The number of hydrogen-bond acceptors (Lipinski definition) is 9. The maximum Gasteiger partial charge on any atom is 0.383 e. The van der Waals surface area contributed by atoms with Gasteiger partial charge in [0.25, 0.3) is 0 Å². The van der Waals surface area contributed by atoms with E-state index < -0.39 is 39.0 Å². The van der Waals surface area contributed by atoms with Crippen molar-refractivity contribution in [3.63, 3.8) is 0 Å². The summed E-state index contributed by atoms with van der Waals surface area (Å²) in [6.07, 6.45) is -0.590. The Morgan fingerprint density at radius 1 is 1.09 bits per heavy atom. The number of nitrogens with one attached hydrogen (secondary N) is 1. The molecule has 1 aliphatic rings. The fraction of sp³-hybridized carbons (Fsp3) is 0.333. The predicted octanol–water partition coefficient (Wildman–Crippen LogP) is 1.75. The normalized spacial score (nSPS) is 19.2. The highest BCUT2D eigenvalue weighted by Crippen LogP contribution is 2.20. The number of benzene rings is 2. The van der Waals surface area contributed by atoms with E-state index >= 15 is 0 Å². The van der Waals surface area contributed by atoms with Gasteiger partial charge < -0.3 is 14.8 Å². The number of nitro groups is 1. The lowest BCUT2D eigenvalue weighted by Crippen LogP contribution is -2.29. The summed E-state index contributed by atoms with van der Waals surface area (Å²) in [5, 5.41) is 14.3. The highest BCUT2D eigenvalue weighted by molar-refractivity contribution is 7.90. The van der Waals surface area contributed by atoms with Crippen LogP contribution in [0.15, 0.2) is 54.6 Å². The number of ether oxygens (including phenoxy) is 2. The molecule has 2 aromatic carbocycles. The van der Waals surface area contributed by atoms with E-state index in [1.54, 1.807) is 18.2 Å². The zero-order chi connectivity index (χ0) is 23.3. The summed E-state index contributed by atoms with van der Waals surface area (Å²) < 4.78 is 33.2. The van der Waals surface area contributed by atoms with E-state index in [0.717, 1.165) is 6.26 Å². The summed E-state index contributed by atoms with van der Waals surface area (Å²) in [7, 11) is -3.15. The van der Waals surface area contributed by atoms with Gasteiger partial charge in [-0.05, 0) is 36.4 Å². The molecule has 0 amide bonds. The summed E-state index contributed by atoms with van der Waals surface area (Å²) in [5.74, 6) is -1.56. The van der Waals surface area contributed by atoms with E-state index in [0.29, 0.717) is 13.0 Å². The Morgan fingerprint density at radius 3 is 2.25 bits per heavy atom. The van der Waals surface area contributed by atoms with Crippen LogP contribution in [0.25, 0.3) is 0 Å². The molecule has 3 unspecified atom stereocenters. The van der Waals surface area contributed by atoms with Crippen molar-refractivity contribution in [2.75, 3.05) is 18.6 Å². The molecule has 3 rings (SSSR count). The van der Waals surface area contributed by atoms with Gasteiger partial charge in [0.05, 0.1) is 27.4 Å². The van der Waals surface area contributed by atoms with Crippen molar-refractivity contribution in [3.8, 4) is 0 Å². The van der Waals surface area contributed by atoms with E-state index in [1.807, 2.05) is 0 Å². The van der Waals surface area contributed by atoms with Gasteiger partial charge in [-0.1, -0.05) is 18.2 Å². The molecular weight excluding hydrogens is 440 g/mol. The van der Waals surface area contributed by atoms with Gasteiger partial charge in [-0.15, -0.1) is 0 Å². The topological polar surface area (TPSA) is 142 Å². The third-order valence-electron chi connectivity index (χ3n) is 4.81. The van der Waals surface area contributed by atoms with Crippen LogP contribution >= 0.6 is 0 Å². The van der Waals surface area contributed by atoms with Gasteiger partial charge in [0, 0.05) is 25.3 Å². The second-order valence-electron chi connectivity index (χ2n) is 7.49. The molecule has 1 saturated heterocycles. The number of esters is 2. The molecule has 32 heavy (non-hydrogen) atoms. The average molecular weight is 462 g/mol. The summed E-state index contributed by atoms with van der Waals surface area (Å²) in [6.45, 7) is 0.345. The first-order chi connectivity index (χ1) is 15.1. The Balaban J connectivity index is 1.59. The van der Waals surface area contributed by atoms with Crippen molar-refractivity contribution in [3.05, 3.63) is 81.4 Å². The standard InChI is InChI=1S/C21H22N2O8S/c1-32(28,29)13-17-11-18(12-22-17)30-20(24)15-7-9-16(10-8-15)21(25)31-19(23(26)27)14-5-3-2-4-6-14/h2-10,17-19,22H,11-13H2,1H3. The summed E-state index contributed by atoms with van der Waals surface area (Å²) in [4.78, 5) is 35.3. The first-order valence-electron chi connectivity index (χ1n) is 9.74. The van der Waals surface area contributed by atoms with Gasteiger partial charge in [0.2, 0.25) is 0 Å². The van der Waals surface area contributed by atoms with Crippen LogP contribution in [0.1, 0.15) is 38.9 Å². The largest absolute Gasteiger partial charge is 0.457 e. The Bertz CT molecular complexity index is 1090. The van der Waals surface area contributed by atoms with Gasteiger partial charge in [-0.2, -0.15) is 0 Å². The highest BCUT2D eigenvalue weighted by Gasteiger charge is 2.30. The fourth-order valence-corrected chi connectivity index (χ4v) is 4.33. The van der Waals surface area contributed by atoms with Crippen molar-refractivity contribution < 1.29 is 32.4 Å². The number of sulfone groups is 1. The van der Waals surface area contributed by atoms with Gasteiger partial charge in [-0.25, -0.2) is 18.0 Å². The van der Waals surface area contributed by atoms with Crippen LogP contribution in [-0.4, -0.2) is 56.0 Å². The molecule has 3 atom stereocenters. The molecule has 11 heteroatoms. The minimum Gasteiger partial charge on any atom is -0.457 e. The molecule has 0 bridgehead atoms. The quantitative estimate of drug-likeness (QED) is 0.269. The minimum absolute atomic E-state index is 0.0357. The minimum atomic E-state index is -3.15. The molecule has 170 valence electrons. The molecule has 0 aliphatic carbocycles. The molecule has 1 heterocycles. The molecule has 0 aromatic heterocycles. The zero-order valence-corrected chi connectivity index (χ0v) is 18.0. The predicted molar refractivity (Wildman–Crippen MR) is 113 cm³/mol. The molecule has 0 saturated carbocycles. The highest BCUT2D eigenvalue weighted by atomic mass is 32.2. The van der Waals surface area contributed by atoms with Crippen molar-refractivity contribution >= 4 is 21.8 Å². The third kappa shape index (κ3) is 6.34. The SMILES string of the molecule is CS(=O)(=O)CC1CC(OC(=O)c2ccc(C(=O)OC(c3ccccc3)[N+](=O)[O-])cc2)CN1. The first-order valence-corrected chi connectivity index (χ1v) is 11.8. The van der Waals surface area contributed by atoms with Crippen molar-refractivity contribution in [2.24, 2.45) is 0 Å². The lowest BCUT2D eigenvalue weighted by atomic mass is 10.1. The van der Waals surface area contributed by atoms with Gasteiger partial charge in [0.1, 0.15) is 15.9 Å². The van der Waals surface area contributed by atoms with Crippen LogP contribution in [0.3, 0.4) is 0 Å². The van der Waals surface area contributed by atoms with Crippen LogP contribution in [0.4, 0.5) is 0 Å². The number of nitrogens with zero attached hydrogens (tertiary/aromatic N) is 1. The second-order valence-corrected chi connectivity index (χ2v) is 9.68. The number of carbonyl (C=O) groups excluding carboxylic acids is 2. The van der Waals surface area contributed by atoms with Crippen molar-refractivity contribution in [2.45, 2.75) is 24.8 Å². The Hall–Kier alpha value is -3.31. The first kappa shape index (κ1) is 23.4. The monoisotopic (exact) mass is 462 g/mol. The van der Waals surface area contributed by atoms with E-state index in [2.05, 4.69) is 5.32 Å². The lowest BCUT2D eigenvalue weighted by Gasteiger charge is -2.12. The van der Waals surface area contributed by atoms with Gasteiger partial charge in [0.15, 0.2) is 0 Å². The lowest BCUT2D eigenvalue weighted by molar-refractivity contribution is -0.574. The van der Waals surface area contributed by atoms with Crippen molar-refractivity contribution in [1.29, 1.82) is 0 Å². The molecule has 0 spiro atoms. The van der Waals surface area contributed by atoms with Gasteiger partial charge in [-0.3, -0.25) is 10.1 Å². The van der Waals surface area contributed by atoms with E-state index in [1.165, 1.54) is 36.4 Å². The van der Waals surface area contributed by atoms with Crippen LogP contribution in [0.2, 0.25) is 0 Å². The summed E-state index contributed by atoms with van der Waals surface area (Å²) >= 11 is 0. The average Bonchev–Trinajstić information content (AvgIpc) is 3.17. The molecule has 2 aromatic rings. The van der Waals surface area contributed by atoms with Gasteiger partial charge >= 0.3 is 18.2 Å². The van der Waals surface area contributed by atoms with E-state index in [-0.39, 0.29) is 28.5 Å². The molecular formula is C21H22N2O8S. The number of carbonyl (C=O) groups is 2. The smallest absolute Gasteiger partial charge is 0.383 e.